The number of nitriles is 1. The van der Waals surface area contributed by atoms with Crippen LogP contribution in [0.5, 0.6) is 0 Å². The number of aliphatic imine (C=N–C) groups is 1. The van der Waals surface area contributed by atoms with E-state index >= 15 is 0 Å². The number of thioether (sulfide) groups is 1. The van der Waals surface area contributed by atoms with Crippen LogP contribution in [0.25, 0.3) is 10.8 Å². The number of rotatable bonds is 2. The maximum Gasteiger partial charge on any atom is 0.175 e. The molecular formula is C22H22N4S2. The van der Waals surface area contributed by atoms with Gasteiger partial charge in [-0.3, -0.25) is 10.4 Å². The number of amidine groups is 1. The van der Waals surface area contributed by atoms with Crippen LogP contribution in [0, 0.1) is 22.2 Å². The number of fused-ring (bicyclic) bond motifs is 1. The largest absolute Gasteiger partial charge is 0.317 e. The first-order valence-corrected chi connectivity index (χ1v) is 10.7. The lowest BCUT2D eigenvalue weighted by molar-refractivity contribution is 0.346. The summed E-state index contributed by atoms with van der Waals surface area (Å²) in [5.41, 5.74) is -0.564. The van der Waals surface area contributed by atoms with Gasteiger partial charge in [0.1, 0.15) is 5.84 Å². The predicted molar refractivity (Wildman–Crippen MR) is 121 cm³/mol. The molecule has 2 aromatic carbocycles. The smallest absolute Gasteiger partial charge is 0.175 e. The van der Waals surface area contributed by atoms with E-state index in [1.165, 1.54) is 0 Å². The van der Waals surface area contributed by atoms with Gasteiger partial charge >= 0.3 is 0 Å². The van der Waals surface area contributed by atoms with E-state index < -0.39 is 11.3 Å². The Morgan fingerprint density at radius 2 is 1.96 bits per heavy atom. The fourth-order valence-corrected chi connectivity index (χ4v) is 5.95. The van der Waals surface area contributed by atoms with Crippen molar-refractivity contribution < 1.29 is 0 Å². The Balaban J connectivity index is 2.03. The molecule has 0 saturated carbocycles. The molecule has 0 aromatic heterocycles. The van der Waals surface area contributed by atoms with Crippen LogP contribution in [0.4, 0.5) is 0 Å². The van der Waals surface area contributed by atoms with Crippen molar-refractivity contribution in [2.75, 3.05) is 12.3 Å². The Kier molecular flexibility index (Phi) is 4.56. The molecule has 0 aliphatic carbocycles. The van der Waals surface area contributed by atoms with Crippen molar-refractivity contribution in [2.24, 2.45) is 10.4 Å². The molecule has 0 spiro atoms. The van der Waals surface area contributed by atoms with E-state index in [1.54, 1.807) is 11.8 Å². The molecule has 142 valence electrons. The van der Waals surface area contributed by atoms with Crippen LogP contribution in [0.3, 0.4) is 0 Å². The highest BCUT2D eigenvalue weighted by Crippen LogP contribution is 2.52. The van der Waals surface area contributed by atoms with Gasteiger partial charge in [0, 0.05) is 17.8 Å². The van der Waals surface area contributed by atoms with Gasteiger partial charge in [0.2, 0.25) is 0 Å². The van der Waals surface area contributed by atoms with Crippen LogP contribution >= 0.6 is 24.0 Å². The van der Waals surface area contributed by atoms with E-state index in [0.717, 1.165) is 27.1 Å². The van der Waals surface area contributed by atoms with E-state index in [-0.39, 0.29) is 11.4 Å². The van der Waals surface area contributed by atoms with Gasteiger partial charge in [-0.1, -0.05) is 54.7 Å². The zero-order valence-corrected chi connectivity index (χ0v) is 17.8. The number of hydrogen-bond donors (Lipinski definition) is 1. The van der Waals surface area contributed by atoms with E-state index in [2.05, 4.69) is 29.3 Å². The molecule has 0 bridgehead atoms. The van der Waals surface area contributed by atoms with E-state index in [0.29, 0.717) is 11.5 Å². The molecule has 2 aliphatic rings. The summed E-state index contributed by atoms with van der Waals surface area (Å²) < 4.78 is 0. The predicted octanol–water partition coefficient (Wildman–Crippen LogP) is 5.00. The number of hydrogen-bond acceptors (Lipinski definition) is 5. The van der Waals surface area contributed by atoms with Gasteiger partial charge in [-0.15, -0.1) is 11.8 Å². The molecule has 4 nitrogen and oxygen atoms in total. The molecule has 2 aliphatic heterocycles. The molecule has 2 aromatic rings. The molecule has 2 atom stereocenters. The second-order valence-corrected chi connectivity index (χ2v) is 9.65. The van der Waals surface area contributed by atoms with Crippen molar-refractivity contribution >= 4 is 50.6 Å². The van der Waals surface area contributed by atoms with Crippen LogP contribution < -0.4 is 0 Å². The second-order valence-electron chi connectivity index (χ2n) is 8.15. The van der Waals surface area contributed by atoms with Gasteiger partial charge in [0.05, 0.1) is 22.0 Å². The first kappa shape index (κ1) is 19.1. The highest BCUT2D eigenvalue weighted by Gasteiger charge is 2.61. The average molecular weight is 407 g/mol. The summed E-state index contributed by atoms with van der Waals surface area (Å²) in [6.45, 7) is 6.78. The molecule has 0 amide bonds. The standard InChI is InChI=1S/C22H22N4S2/c1-21(2,3)26-18(27)17(16-10-6-8-14-7-4-5-9-15(14)16)22(13-23,19(26)24)20-25-11-12-28-20/h4-10,17,24H,11-12H2,1-3H3/t17-,22+/m0/s1. The zero-order valence-electron chi connectivity index (χ0n) is 16.2. The van der Waals surface area contributed by atoms with Gasteiger partial charge < -0.3 is 4.90 Å². The van der Waals surface area contributed by atoms with Crippen LogP contribution in [-0.4, -0.2) is 38.6 Å². The Bertz CT molecular complexity index is 1050. The fourth-order valence-electron chi connectivity index (χ4n) is 4.24. The fraction of sp³-hybridized carbons (Fsp3) is 0.364. The van der Waals surface area contributed by atoms with Crippen molar-refractivity contribution in [3.63, 3.8) is 0 Å². The van der Waals surface area contributed by atoms with E-state index in [1.807, 2.05) is 49.9 Å². The topological polar surface area (TPSA) is 63.2 Å². The SMILES string of the molecule is CC(C)(C)N1C(=N)[C@](C#N)(C2=NCCS2)[C@@H](c2cccc3ccccc23)C1=S. The van der Waals surface area contributed by atoms with Gasteiger partial charge in [-0.25, -0.2) is 0 Å². The van der Waals surface area contributed by atoms with E-state index in [9.17, 15) is 5.26 Å². The number of nitrogens with zero attached hydrogens (tertiary/aromatic N) is 3. The lowest BCUT2D eigenvalue weighted by Gasteiger charge is -2.34. The first-order valence-electron chi connectivity index (χ1n) is 9.32. The lowest BCUT2D eigenvalue weighted by atomic mass is 9.74. The summed E-state index contributed by atoms with van der Waals surface area (Å²) in [7, 11) is 0. The summed E-state index contributed by atoms with van der Waals surface area (Å²) in [5, 5.41) is 22.5. The lowest BCUT2D eigenvalue weighted by Crippen LogP contribution is -2.47. The molecule has 4 rings (SSSR count). The Hall–Kier alpha value is -2.23. The van der Waals surface area contributed by atoms with Crippen molar-refractivity contribution in [3.05, 3.63) is 48.0 Å². The summed E-state index contributed by atoms with van der Waals surface area (Å²) >= 11 is 7.54. The molecule has 0 radical (unpaired) electrons. The van der Waals surface area contributed by atoms with E-state index in [4.69, 9.17) is 17.6 Å². The van der Waals surface area contributed by atoms with Gasteiger partial charge in [0.15, 0.2) is 5.41 Å². The number of benzene rings is 2. The normalized spacial score (nSPS) is 25.3. The van der Waals surface area contributed by atoms with Crippen molar-refractivity contribution in [1.29, 1.82) is 10.7 Å². The molecule has 1 fully saturated rings. The van der Waals surface area contributed by atoms with Gasteiger partial charge in [-0.2, -0.15) is 5.26 Å². The minimum absolute atomic E-state index is 0.249. The summed E-state index contributed by atoms with van der Waals surface area (Å²) in [5.74, 6) is 0.685. The average Bonchev–Trinajstić information content (AvgIpc) is 3.26. The van der Waals surface area contributed by atoms with Crippen LogP contribution in [0.2, 0.25) is 0 Å². The Morgan fingerprint density at radius 3 is 2.61 bits per heavy atom. The molecule has 6 heteroatoms. The van der Waals surface area contributed by atoms with Crippen LogP contribution in [-0.2, 0) is 0 Å². The monoisotopic (exact) mass is 406 g/mol. The quantitative estimate of drug-likeness (QED) is 0.713. The van der Waals surface area contributed by atoms with Crippen molar-refractivity contribution in [2.45, 2.75) is 32.2 Å². The number of thiocarbonyl (C=S) groups is 1. The van der Waals surface area contributed by atoms with Crippen molar-refractivity contribution in [3.8, 4) is 6.07 Å². The second kappa shape index (κ2) is 6.68. The summed E-state index contributed by atoms with van der Waals surface area (Å²) in [6.07, 6.45) is 0. The third kappa shape index (κ3) is 2.61. The summed E-state index contributed by atoms with van der Waals surface area (Å²) in [6, 6.07) is 16.8. The molecule has 0 unspecified atom stereocenters. The summed E-state index contributed by atoms with van der Waals surface area (Å²) in [4.78, 5) is 7.14. The molecule has 28 heavy (non-hydrogen) atoms. The molecule has 2 heterocycles. The minimum atomic E-state index is -1.17. The Morgan fingerprint density at radius 1 is 1.25 bits per heavy atom. The maximum atomic E-state index is 10.5. The van der Waals surface area contributed by atoms with Crippen LogP contribution in [0.15, 0.2) is 47.5 Å². The Labute approximate surface area is 175 Å². The molecule has 1 N–H and O–H groups in total. The number of nitrogens with one attached hydrogen (secondary N) is 1. The first-order chi connectivity index (χ1) is 13.3. The maximum absolute atomic E-state index is 10.5. The highest BCUT2D eigenvalue weighted by atomic mass is 32.2. The third-order valence-corrected chi connectivity index (χ3v) is 6.93. The minimum Gasteiger partial charge on any atom is -0.317 e. The highest BCUT2D eigenvalue weighted by molar-refractivity contribution is 8.14. The third-order valence-electron chi connectivity index (χ3n) is 5.40. The van der Waals surface area contributed by atoms with Gasteiger partial charge in [0.25, 0.3) is 0 Å². The molecular weight excluding hydrogens is 384 g/mol. The van der Waals surface area contributed by atoms with Gasteiger partial charge in [-0.05, 0) is 37.1 Å². The molecule has 1 saturated heterocycles. The zero-order chi connectivity index (χ0) is 20.1. The van der Waals surface area contributed by atoms with Crippen LogP contribution in [0.1, 0.15) is 32.3 Å². The van der Waals surface area contributed by atoms with Crippen molar-refractivity contribution in [1.82, 2.24) is 4.90 Å². The number of likely N-dealkylation sites (tertiary alicyclic amines) is 1.